The van der Waals surface area contributed by atoms with Gasteiger partial charge >= 0.3 is 5.97 Å². The number of nitrogens with zero attached hydrogens (tertiary/aromatic N) is 3. The highest BCUT2D eigenvalue weighted by atomic mass is 16.5. The van der Waals surface area contributed by atoms with Gasteiger partial charge in [-0.15, -0.1) is 0 Å². The molecular formula is C21H31N5O3. The van der Waals surface area contributed by atoms with Crippen LogP contribution < -0.4 is 10.2 Å². The molecule has 2 unspecified atom stereocenters. The zero-order valence-electron chi connectivity index (χ0n) is 17.5. The number of amides is 1. The summed E-state index contributed by atoms with van der Waals surface area (Å²) in [4.78, 5) is 37.0. The number of carbonyl (C=O) groups excluding carboxylic acids is 2. The Labute approximate surface area is 171 Å². The number of esters is 1. The molecule has 8 heteroatoms. The lowest BCUT2D eigenvalue weighted by atomic mass is 9.99. The lowest BCUT2D eigenvalue weighted by Crippen LogP contribution is -2.49. The van der Waals surface area contributed by atoms with Crippen molar-refractivity contribution in [2.75, 3.05) is 44.7 Å². The van der Waals surface area contributed by atoms with Gasteiger partial charge in [0.2, 0.25) is 11.9 Å². The van der Waals surface area contributed by atoms with Crippen LogP contribution in [0.5, 0.6) is 0 Å². The molecule has 29 heavy (non-hydrogen) atoms. The second-order valence-corrected chi connectivity index (χ2v) is 7.65. The number of hydrogen-bond acceptors (Lipinski definition) is 6. The average molecular weight is 402 g/mol. The van der Waals surface area contributed by atoms with Crippen molar-refractivity contribution in [2.24, 2.45) is 5.92 Å². The third kappa shape index (κ3) is 5.26. The zero-order chi connectivity index (χ0) is 20.8. The van der Waals surface area contributed by atoms with Crippen molar-refractivity contribution in [1.29, 1.82) is 0 Å². The number of anilines is 1. The molecule has 1 aromatic heterocycles. The number of imidazole rings is 1. The molecule has 0 bridgehead atoms. The topological polar surface area (TPSA) is 90.6 Å². The van der Waals surface area contributed by atoms with Gasteiger partial charge in [-0.1, -0.05) is 32.4 Å². The van der Waals surface area contributed by atoms with Crippen molar-refractivity contribution in [2.45, 2.75) is 32.7 Å². The Morgan fingerprint density at radius 1 is 1.24 bits per heavy atom. The molecule has 158 valence electrons. The fraction of sp³-hybridized carbons (Fsp3) is 0.571. The minimum absolute atomic E-state index is 0.0270. The molecule has 1 fully saturated rings. The van der Waals surface area contributed by atoms with E-state index in [-0.39, 0.29) is 24.3 Å². The van der Waals surface area contributed by atoms with E-state index in [1.54, 1.807) is 0 Å². The highest BCUT2D eigenvalue weighted by Gasteiger charge is 2.27. The number of nitrogens with one attached hydrogen (secondary N) is 2. The molecule has 0 radical (unpaired) electrons. The van der Waals surface area contributed by atoms with E-state index >= 15 is 0 Å². The number of carbonyl (C=O) groups is 2. The van der Waals surface area contributed by atoms with Crippen molar-refractivity contribution >= 4 is 28.9 Å². The second-order valence-electron chi connectivity index (χ2n) is 7.65. The largest absolute Gasteiger partial charge is 0.467 e. The number of aromatic amines is 1. The molecule has 1 saturated heterocycles. The average Bonchev–Trinajstić information content (AvgIpc) is 3.03. The standard InChI is InChI=1S/C21H31N5O3/c1-4-15(2)19(20(28)29-3)24-18(27)14-25-10-7-11-26(13-12-25)21-22-16-8-5-6-9-17(16)23-21/h5-6,8-9,15,19H,4,7,10-14H2,1-3H3,(H,22,23)(H,24,27). The lowest BCUT2D eigenvalue weighted by molar-refractivity contribution is -0.146. The van der Waals surface area contributed by atoms with E-state index in [9.17, 15) is 9.59 Å². The summed E-state index contributed by atoms with van der Waals surface area (Å²) in [6, 6.07) is 7.40. The van der Waals surface area contributed by atoms with Crippen LogP contribution in [0.25, 0.3) is 11.0 Å². The van der Waals surface area contributed by atoms with E-state index in [1.807, 2.05) is 38.1 Å². The maximum Gasteiger partial charge on any atom is 0.328 e. The van der Waals surface area contributed by atoms with Crippen LogP contribution in [0.2, 0.25) is 0 Å². The van der Waals surface area contributed by atoms with Crippen LogP contribution in [0.3, 0.4) is 0 Å². The first-order valence-corrected chi connectivity index (χ1v) is 10.3. The number of methoxy groups -OCH3 is 1. The summed E-state index contributed by atoms with van der Waals surface area (Å²) in [7, 11) is 1.35. The Bertz CT molecular complexity index is 804. The fourth-order valence-corrected chi connectivity index (χ4v) is 3.65. The second kappa shape index (κ2) is 9.73. The van der Waals surface area contributed by atoms with Gasteiger partial charge in [-0.3, -0.25) is 9.69 Å². The number of para-hydroxylation sites is 2. The van der Waals surface area contributed by atoms with Crippen LogP contribution in [0.1, 0.15) is 26.7 Å². The summed E-state index contributed by atoms with van der Waals surface area (Å²) in [5, 5.41) is 2.86. The van der Waals surface area contributed by atoms with Gasteiger partial charge in [0.15, 0.2) is 0 Å². The first kappa shape index (κ1) is 21.1. The van der Waals surface area contributed by atoms with Gasteiger partial charge in [-0.2, -0.15) is 0 Å². The molecule has 1 amide bonds. The monoisotopic (exact) mass is 401 g/mol. The quantitative estimate of drug-likeness (QED) is 0.688. The van der Waals surface area contributed by atoms with Gasteiger partial charge in [-0.25, -0.2) is 9.78 Å². The number of fused-ring (bicyclic) bond motifs is 1. The van der Waals surface area contributed by atoms with Crippen molar-refractivity contribution in [3.8, 4) is 0 Å². The van der Waals surface area contributed by atoms with Crippen LogP contribution in [0.15, 0.2) is 24.3 Å². The van der Waals surface area contributed by atoms with E-state index in [0.29, 0.717) is 0 Å². The number of rotatable bonds is 7. The summed E-state index contributed by atoms with van der Waals surface area (Å²) in [5.41, 5.74) is 1.99. The summed E-state index contributed by atoms with van der Waals surface area (Å²) in [6.45, 7) is 7.48. The SMILES string of the molecule is CCC(C)C(NC(=O)CN1CCCN(c2nc3ccccc3[nH]2)CC1)C(=O)OC. The predicted molar refractivity (Wildman–Crippen MR) is 113 cm³/mol. The Kier molecular flexibility index (Phi) is 7.09. The maximum atomic E-state index is 12.6. The smallest absolute Gasteiger partial charge is 0.328 e. The molecule has 0 saturated carbocycles. The van der Waals surface area contributed by atoms with Gasteiger partial charge in [-0.05, 0) is 24.5 Å². The highest BCUT2D eigenvalue weighted by molar-refractivity contribution is 5.85. The van der Waals surface area contributed by atoms with Gasteiger partial charge < -0.3 is 19.9 Å². The summed E-state index contributed by atoms with van der Waals surface area (Å²) >= 11 is 0. The van der Waals surface area contributed by atoms with E-state index in [4.69, 9.17) is 4.74 Å². The molecule has 2 atom stereocenters. The van der Waals surface area contributed by atoms with Crippen LogP contribution in [0.4, 0.5) is 5.95 Å². The van der Waals surface area contributed by atoms with E-state index in [1.165, 1.54) is 7.11 Å². The minimum Gasteiger partial charge on any atom is -0.467 e. The van der Waals surface area contributed by atoms with Gasteiger partial charge in [0.25, 0.3) is 0 Å². The first-order chi connectivity index (χ1) is 14.0. The number of benzene rings is 1. The Morgan fingerprint density at radius 2 is 2.03 bits per heavy atom. The molecule has 1 aliphatic rings. The number of hydrogen-bond donors (Lipinski definition) is 2. The molecule has 3 rings (SSSR count). The Balaban J connectivity index is 1.56. The van der Waals surface area contributed by atoms with E-state index in [0.717, 1.165) is 56.0 Å². The molecule has 1 aliphatic heterocycles. The van der Waals surface area contributed by atoms with Crippen LogP contribution in [0, 0.1) is 5.92 Å². The van der Waals surface area contributed by atoms with Crippen molar-refractivity contribution in [1.82, 2.24) is 20.2 Å². The summed E-state index contributed by atoms with van der Waals surface area (Å²) in [5.74, 6) is 0.372. The Hall–Kier alpha value is -2.61. The van der Waals surface area contributed by atoms with Crippen LogP contribution in [-0.4, -0.2) is 72.6 Å². The van der Waals surface area contributed by atoms with Gasteiger partial charge in [0.1, 0.15) is 6.04 Å². The summed E-state index contributed by atoms with van der Waals surface area (Å²) in [6.07, 6.45) is 1.73. The first-order valence-electron chi connectivity index (χ1n) is 10.3. The fourth-order valence-electron chi connectivity index (χ4n) is 3.65. The third-order valence-electron chi connectivity index (χ3n) is 5.62. The molecule has 0 aliphatic carbocycles. The molecular weight excluding hydrogens is 370 g/mol. The van der Waals surface area contributed by atoms with E-state index < -0.39 is 6.04 Å². The predicted octanol–water partition coefficient (Wildman–Crippen LogP) is 1.78. The Morgan fingerprint density at radius 3 is 2.76 bits per heavy atom. The van der Waals surface area contributed by atoms with Gasteiger partial charge in [0, 0.05) is 26.2 Å². The van der Waals surface area contributed by atoms with Crippen molar-refractivity contribution in [3.05, 3.63) is 24.3 Å². The molecule has 2 aromatic rings. The molecule has 0 spiro atoms. The minimum atomic E-state index is -0.600. The maximum absolute atomic E-state index is 12.6. The van der Waals surface area contributed by atoms with Gasteiger partial charge in [0.05, 0.1) is 24.7 Å². The molecule has 1 aromatic carbocycles. The molecule has 2 heterocycles. The normalized spacial score (nSPS) is 17.6. The lowest BCUT2D eigenvalue weighted by Gasteiger charge is -2.24. The van der Waals surface area contributed by atoms with Crippen molar-refractivity contribution in [3.63, 3.8) is 0 Å². The zero-order valence-corrected chi connectivity index (χ0v) is 17.5. The molecule has 2 N–H and O–H groups in total. The van der Waals surface area contributed by atoms with Crippen molar-refractivity contribution < 1.29 is 14.3 Å². The molecule has 8 nitrogen and oxygen atoms in total. The van der Waals surface area contributed by atoms with Crippen LogP contribution in [-0.2, 0) is 14.3 Å². The van der Waals surface area contributed by atoms with E-state index in [2.05, 4.69) is 25.1 Å². The number of H-pyrrole nitrogens is 1. The highest BCUT2D eigenvalue weighted by Crippen LogP contribution is 2.18. The third-order valence-corrected chi connectivity index (χ3v) is 5.62. The number of ether oxygens (including phenoxy) is 1. The summed E-state index contributed by atoms with van der Waals surface area (Å²) < 4.78 is 4.85. The van der Waals surface area contributed by atoms with Crippen LogP contribution >= 0.6 is 0 Å². The number of aromatic nitrogens is 2.